The van der Waals surface area contributed by atoms with Crippen molar-refractivity contribution in [3.05, 3.63) is 108 Å². The number of hydrogen-bond acceptors (Lipinski definition) is 1. The summed E-state index contributed by atoms with van der Waals surface area (Å²) in [5, 5.41) is 0. The van der Waals surface area contributed by atoms with Crippen LogP contribution in [0.25, 0.3) is 0 Å². The van der Waals surface area contributed by atoms with Gasteiger partial charge in [-0.25, -0.2) is 4.39 Å². The van der Waals surface area contributed by atoms with Crippen LogP contribution in [-0.4, -0.2) is 21.9 Å². The highest BCUT2D eigenvalue weighted by atomic mass is 19.1. The molecule has 1 heterocycles. The molecule has 0 saturated heterocycles. The van der Waals surface area contributed by atoms with E-state index in [2.05, 4.69) is 23.3 Å². The highest BCUT2D eigenvalue weighted by Gasteiger charge is 2.16. The zero-order valence-electron chi connectivity index (χ0n) is 14.5. The molecule has 1 amide bonds. The maximum Gasteiger partial charge on any atom is 0.254 e. The van der Waals surface area contributed by atoms with Crippen LogP contribution in [0.5, 0.6) is 0 Å². The van der Waals surface area contributed by atoms with Gasteiger partial charge >= 0.3 is 0 Å². The van der Waals surface area contributed by atoms with E-state index < -0.39 is 0 Å². The van der Waals surface area contributed by atoms with E-state index in [0.717, 1.165) is 12.2 Å². The third kappa shape index (κ3) is 4.28. The van der Waals surface area contributed by atoms with Crippen molar-refractivity contribution in [3.8, 4) is 0 Å². The zero-order valence-corrected chi connectivity index (χ0v) is 14.5. The predicted molar refractivity (Wildman–Crippen MR) is 101 cm³/mol. The first-order valence-electron chi connectivity index (χ1n) is 8.51. The van der Waals surface area contributed by atoms with Crippen LogP contribution in [0.4, 0.5) is 4.39 Å². The lowest BCUT2D eigenvalue weighted by atomic mass is 10.2. The number of nitrogens with zero attached hydrogens (tertiary/aromatic N) is 2. The molecule has 1 aromatic heterocycles. The first-order valence-corrected chi connectivity index (χ1v) is 8.51. The van der Waals surface area contributed by atoms with Crippen molar-refractivity contribution in [2.75, 3.05) is 6.54 Å². The maximum atomic E-state index is 13.1. The Bertz CT molecular complexity index is 869. The van der Waals surface area contributed by atoms with E-state index in [0.29, 0.717) is 18.7 Å². The molecule has 0 unspecified atom stereocenters. The van der Waals surface area contributed by atoms with Gasteiger partial charge in [0.15, 0.2) is 0 Å². The average Bonchev–Trinajstić information content (AvgIpc) is 3.09. The molecule has 0 radical (unpaired) electrons. The Balaban J connectivity index is 1.78. The molecule has 0 fully saturated rings. The molecule has 0 aliphatic heterocycles. The molecule has 0 spiro atoms. The molecule has 0 bridgehead atoms. The second-order valence-electron chi connectivity index (χ2n) is 6.09. The van der Waals surface area contributed by atoms with Crippen LogP contribution in [0.3, 0.4) is 0 Å². The molecule has 0 saturated carbocycles. The second-order valence-corrected chi connectivity index (χ2v) is 6.09. The minimum Gasteiger partial charge on any atom is -0.345 e. The number of benzene rings is 2. The van der Waals surface area contributed by atoms with Gasteiger partial charge in [-0.05, 0) is 42.0 Å². The summed E-state index contributed by atoms with van der Waals surface area (Å²) in [5.41, 5.74) is 2.70. The van der Waals surface area contributed by atoms with E-state index >= 15 is 0 Å². The van der Waals surface area contributed by atoms with Crippen molar-refractivity contribution in [2.45, 2.75) is 13.1 Å². The van der Waals surface area contributed by atoms with Crippen molar-refractivity contribution in [1.82, 2.24) is 9.47 Å². The molecule has 0 N–H and O–H groups in total. The van der Waals surface area contributed by atoms with E-state index in [1.54, 1.807) is 11.0 Å². The second kappa shape index (κ2) is 8.30. The van der Waals surface area contributed by atoms with Crippen LogP contribution < -0.4 is 0 Å². The van der Waals surface area contributed by atoms with Gasteiger partial charge in [-0.15, -0.1) is 6.58 Å². The number of halogens is 1. The third-order valence-electron chi connectivity index (χ3n) is 4.20. The molecule has 0 aliphatic carbocycles. The molecule has 132 valence electrons. The fourth-order valence-corrected chi connectivity index (χ4v) is 2.87. The summed E-state index contributed by atoms with van der Waals surface area (Å²) in [6.45, 7) is 5.38. The van der Waals surface area contributed by atoms with Crippen molar-refractivity contribution >= 4 is 5.91 Å². The van der Waals surface area contributed by atoms with Crippen molar-refractivity contribution < 1.29 is 9.18 Å². The molecule has 3 aromatic rings. The summed E-state index contributed by atoms with van der Waals surface area (Å²) in [5.74, 6) is -0.495. The molecular weight excluding hydrogens is 327 g/mol. The summed E-state index contributed by atoms with van der Waals surface area (Å²) in [6, 6.07) is 19.8. The highest BCUT2D eigenvalue weighted by Crippen LogP contribution is 2.14. The summed E-state index contributed by atoms with van der Waals surface area (Å²) < 4.78 is 15.2. The van der Waals surface area contributed by atoms with Crippen LogP contribution in [0, 0.1) is 5.82 Å². The molecular formula is C22H21FN2O. The van der Waals surface area contributed by atoms with Gasteiger partial charge in [-0.1, -0.05) is 36.4 Å². The van der Waals surface area contributed by atoms with E-state index in [1.165, 1.54) is 29.8 Å². The number of rotatable bonds is 7. The van der Waals surface area contributed by atoms with E-state index in [4.69, 9.17) is 0 Å². The Kier molecular flexibility index (Phi) is 5.64. The Morgan fingerprint density at radius 1 is 1.04 bits per heavy atom. The first-order chi connectivity index (χ1) is 12.7. The van der Waals surface area contributed by atoms with Gasteiger partial charge in [0.25, 0.3) is 5.91 Å². The van der Waals surface area contributed by atoms with E-state index in [-0.39, 0.29) is 11.7 Å². The van der Waals surface area contributed by atoms with Crippen molar-refractivity contribution in [2.24, 2.45) is 0 Å². The molecule has 0 aliphatic rings. The summed E-state index contributed by atoms with van der Waals surface area (Å²) >= 11 is 0. The number of hydrogen-bond donors (Lipinski definition) is 0. The molecule has 2 aromatic carbocycles. The Hall–Kier alpha value is -3.14. The SMILES string of the molecule is C=CCN(Cc1cccn1Cc1ccccc1)C(=O)c1ccc(F)cc1. The zero-order chi connectivity index (χ0) is 18.4. The van der Waals surface area contributed by atoms with Crippen LogP contribution in [-0.2, 0) is 13.1 Å². The Morgan fingerprint density at radius 2 is 1.77 bits per heavy atom. The van der Waals surface area contributed by atoms with Crippen LogP contribution in [0.15, 0.2) is 85.6 Å². The maximum absolute atomic E-state index is 13.1. The van der Waals surface area contributed by atoms with Gasteiger partial charge in [-0.2, -0.15) is 0 Å². The predicted octanol–water partition coefficient (Wildman–Crippen LogP) is 4.50. The largest absolute Gasteiger partial charge is 0.345 e. The number of carbonyl (C=O) groups is 1. The topological polar surface area (TPSA) is 25.2 Å². The minimum atomic E-state index is -0.353. The van der Waals surface area contributed by atoms with Crippen LogP contribution >= 0.6 is 0 Å². The van der Waals surface area contributed by atoms with Crippen molar-refractivity contribution in [1.29, 1.82) is 0 Å². The summed E-state index contributed by atoms with van der Waals surface area (Å²) in [6.07, 6.45) is 3.71. The van der Waals surface area contributed by atoms with Gasteiger partial charge in [0.1, 0.15) is 5.82 Å². The lowest BCUT2D eigenvalue weighted by molar-refractivity contribution is 0.0759. The summed E-state index contributed by atoms with van der Waals surface area (Å²) in [7, 11) is 0. The smallest absolute Gasteiger partial charge is 0.254 e. The van der Waals surface area contributed by atoms with E-state index in [1.807, 2.05) is 36.5 Å². The van der Waals surface area contributed by atoms with Crippen molar-refractivity contribution in [3.63, 3.8) is 0 Å². The number of amides is 1. The molecule has 4 heteroatoms. The normalized spacial score (nSPS) is 10.5. The summed E-state index contributed by atoms with van der Waals surface area (Å²) in [4.78, 5) is 14.5. The molecule has 3 nitrogen and oxygen atoms in total. The number of aromatic nitrogens is 1. The number of carbonyl (C=O) groups excluding carboxylic acids is 1. The quantitative estimate of drug-likeness (QED) is 0.577. The molecule has 0 atom stereocenters. The fraction of sp³-hybridized carbons (Fsp3) is 0.136. The van der Waals surface area contributed by atoms with Gasteiger partial charge in [0.2, 0.25) is 0 Å². The fourth-order valence-electron chi connectivity index (χ4n) is 2.87. The van der Waals surface area contributed by atoms with Crippen LogP contribution in [0.1, 0.15) is 21.6 Å². The Labute approximate surface area is 153 Å². The van der Waals surface area contributed by atoms with Gasteiger partial charge in [-0.3, -0.25) is 4.79 Å². The van der Waals surface area contributed by atoms with E-state index in [9.17, 15) is 9.18 Å². The average molecular weight is 348 g/mol. The van der Waals surface area contributed by atoms with Crippen LogP contribution in [0.2, 0.25) is 0 Å². The standard InChI is InChI=1S/C22H21FN2O/c1-2-14-25(22(26)19-10-12-20(23)13-11-19)17-21-9-6-15-24(21)16-18-7-4-3-5-8-18/h2-13,15H,1,14,16-17H2. The highest BCUT2D eigenvalue weighted by molar-refractivity contribution is 5.94. The monoisotopic (exact) mass is 348 g/mol. The lowest BCUT2D eigenvalue weighted by Gasteiger charge is -2.22. The minimum absolute atomic E-state index is 0.141. The lowest BCUT2D eigenvalue weighted by Crippen LogP contribution is -2.31. The van der Waals surface area contributed by atoms with Gasteiger partial charge in [0, 0.05) is 30.5 Å². The molecule has 26 heavy (non-hydrogen) atoms. The van der Waals surface area contributed by atoms with Gasteiger partial charge < -0.3 is 9.47 Å². The van der Waals surface area contributed by atoms with Gasteiger partial charge in [0.05, 0.1) is 6.54 Å². The molecule has 3 rings (SSSR count). The third-order valence-corrected chi connectivity index (χ3v) is 4.20. The Morgan fingerprint density at radius 3 is 2.46 bits per heavy atom. The first kappa shape index (κ1) is 17.7.